The molecule has 0 bridgehead atoms. The van der Waals surface area contributed by atoms with Crippen LogP contribution in [0.2, 0.25) is 0 Å². The van der Waals surface area contributed by atoms with E-state index in [2.05, 4.69) is 46.9 Å². The average molecular weight is 499 g/mol. The molecule has 2 N–H and O–H groups in total. The first-order chi connectivity index (χ1) is 17.7. The number of benzene rings is 2. The Bertz CT molecular complexity index is 1450. The predicted molar refractivity (Wildman–Crippen MR) is 132 cm³/mol. The van der Waals surface area contributed by atoms with Gasteiger partial charge in [-0.15, -0.1) is 5.10 Å². The molecule has 3 atom stereocenters. The Morgan fingerprint density at radius 3 is 2.65 bits per heavy atom. The SMILES string of the molecule is CC1(C)[C@@H](NC(=O)c2cn(-c3ccc4c(c3)CN(C3CCC(=O)NC3=O)C4=O)nn2)[C@@H]1c1ccccc1. The van der Waals surface area contributed by atoms with Gasteiger partial charge in [-0.3, -0.25) is 24.5 Å². The number of imide groups is 1. The van der Waals surface area contributed by atoms with Gasteiger partial charge in [-0.2, -0.15) is 0 Å². The Morgan fingerprint density at radius 1 is 1.11 bits per heavy atom. The van der Waals surface area contributed by atoms with E-state index in [1.54, 1.807) is 18.3 Å². The predicted octanol–water partition coefficient (Wildman–Crippen LogP) is 1.95. The average Bonchev–Trinajstić information content (AvgIpc) is 3.22. The molecule has 0 radical (unpaired) electrons. The third kappa shape index (κ3) is 3.89. The second-order valence-electron chi connectivity index (χ2n) is 10.5. The molecule has 37 heavy (non-hydrogen) atoms. The zero-order chi connectivity index (χ0) is 25.9. The summed E-state index contributed by atoms with van der Waals surface area (Å²) in [5.74, 6) is -1.07. The van der Waals surface area contributed by atoms with Crippen molar-refractivity contribution in [1.82, 2.24) is 30.5 Å². The second kappa shape index (κ2) is 8.36. The maximum atomic E-state index is 13.0. The van der Waals surface area contributed by atoms with Gasteiger partial charge in [0.15, 0.2) is 5.69 Å². The van der Waals surface area contributed by atoms with Gasteiger partial charge in [-0.1, -0.05) is 49.4 Å². The van der Waals surface area contributed by atoms with Gasteiger partial charge in [0.05, 0.1) is 11.9 Å². The number of aromatic nitrogens is 3. The normalized spacial score (nSPS) is 24.0. The van der Waals surface area contributed by atoms with E-state index >= 15 is 0 Å². The van der Waals surface area contributed by atoms with E-state index in [-0.39, 0.29) is 53.8 Å². The van der Waals surface area contributed by atoms with Crippen molar-refractivity contribution in [2.45, 2.75) is 51.2 Å². The summed E-state index contributed by atoms with van der Waals surface area (Å²) in [4.78, 5) is 51.2. The molecule has 2 aliphatic heterocycles. The summed E-state index contributed by atoms with van der Waals surface area (Å²) >= 11 is 0. The molecule has 1 saturated heterocycles. The van der Waals surface area contributed by atoms with Crippen molar-refractivity contribution in [2.24, 2.45) is 5.41 Å². The highest BCUT2D eigenvalue weighted by molar-refractivity contribution is 6.05. The van der Waals surface area contributed by atoms with E-state index in [1.807, 2.05) is 24.3 Å². The van der Waals surface area contributed by atoms with Crippen molar-refractivity contribution < 1.29 is 19.2 Å². The van der Waals surface area contributed by atoms with Crippen LogP contribution in [0.4, 0.5) is 0 Å². The number of rotatable bonds is 5. The van der Waals surface area contributed by atoms with E-state index in [1.165, 1.54) is 15.1 Å². The highest BCUT2D eigenvalue weighted by Gasteiger charge is 2.59. The first-order valence-electron chi connectivity index (χ1n) is 12.3. The first-order valence-corrected chi connectivity index (χ1v) is 12.3. The molecule has 2 fully saturated rings. The lowest BCUT2D eigenvalue weighted by atomic mass is 10.0. The first kappa shape index (κ1) is 23.1. The summed E-state index contributed by atoms with van der Waals surface area (Å²) in [5, 5.41) is 13.6. The molecule has 0 spiro atoms. The van der Waals surface area contributed by atoms with Gasteiger partial charge in [-0.05, 0) is 41.2 Å². The zero-order valence-corrected chi connectivity index (χ0v) is 20.5. The summed E-state index contributed by atoms with van der Waals surface area (Å²) in [6, 6.07) is 14.7. The van der Waals surface area contributed by atoms with Gasteiger partial charge in [0.25, 0.3) is 11.8 Å². The number of carbonyl (C=O) groups excluding carboxylic acids is 4. The zero-order valence-electron chi connectivity index (χ0n) is 20.5. The van der Waals surface area contributed by atoms with Crippen LogP contribution < -0.4 is 10.6 Å². The molecule has 188 valence electrons. The summed E-state index contributed by atoms with van der Waals surface area (Å²) in [5.41, 5.74) is 3.25. The molecule has 1 aromatic heterocycles. The number of piperidine rings is 1. The van der Waals surface area contributed by atoms with Crippen LogP contribution in [-0.2, 0) is 16.1 Å². The molecule has 1 saturated carbocycles. The van der Waals surface area contributed by atoms with Gasteiger partial charge in [-0.25, -0.2) is 4.68 Å². The van der Waals surface area contributed by atoms with Gasteiger partial charge in [0.1, 0.15) is 6.04 Å². The maximum absolute atomic E-state index is 13.0. The number of nitrogens with zero attached hydrogens (tertiary/aromatic N) is 4. The topological polar surface area (TPSA) is 126 Å². The Labute approximate surface area is 213 Å². The van der Waals surface area contributed by atoms with Gasteiger partial charge in [0.2, 0.25) is 11.8 Å². The van der Waals surface area contributed by atoms with Crippen molar-refractivity contribution in [3.63, 3.8) is 0 Å². The number of hydrogen-bond acceptors (Lipinski definition) is 6. The lowest BCUT2D eigenvalue weighted by molar-refractivity contribution is -0.136. The smallest absolute Gasteiger partial charge is 0.273 e. The van der Waals surface area contributed by atoms with Crippen LogP contribution in [0.25, 0.3) is 5.69 Å². The third-order valence-corrected chi connectivity index (χ3v) is 7.77. The fourth-order valence-electron chi connectivity index (χ4n) is 5.60. The van der Waals surface area contributed by atoms with Crippen molar-refractivity contribution in [3.05, 3.63) is 77.1 Å². The molecular weight excluding hydrogens is 472 g/mol. The van der Waals surface area contributed by atoms with Crippen molar-refractivity contribution >= 4 is 23.6 Å². The van der Waals surface area contributed by atoms with Crippen LogP contribution in [0.15, 0.2) is 54.7 Å². The van der Waals surface area contributed by atoms with Crippen LogP contribution >= 0.6 is 0 Å². The minimum atomic E-state index is -0.672. The Morgan fingerprint density at radius 2 is 1.89 bits per heavy atom. The van der Waals surface area contributed by atoms with Crippen molar-refractivity contribution in [3.8, 4) is 5.69 Å². The second-order valence-corrected chi connectivity index (χ2v) is 10.5. The Hall–Kier alpha value is -4.34. The molecule has 3 aliphatic rings. The van der Waals surface area contributed by atoms with E-state index in [9.17, 15) is 19.2 Å². The standard InChI is InChI=1S/C27H26N6O4/c1-27(2)22(15-6-4-3-5-7-15)23(27)29-24(35)19-14-33(31-30-19)17-8-9-18-16(12-17)13-32(26(18)37)20-10-11-21(34)28-25(20)36/h3-9,12,14,20,22-23H,10-11,13H2,1-2H3,(H,29,35)(H,28,34,36)/t20?,22-,23-/m0/s1. The molecule has 3 heterocycles. The fourth-order valence-corrected chi connectivity index (χ4v) is 5.60. The van der Waals surface area contributed by atoms with E-state index in [4.69, 9.17) is 0 Å². The molecule has 1 aliphatic carbocycles. The monoisotopic (exact) mass is 498 g/mol. The summed E-state index contributed by atoms with van der Waals surface area (Å²) in [7, 11) is 0. The minimum Gasteiger partial charge on any atom is -0.347 e. The summed E-state index contributed by atoms with van der Waals surface area (Å²) < 4.78 is 1.50. The number of hydrogen-bond donors (Lipinski definition) is 2. The molecular formula is C27H26N6O4. The van der Waals surface area contributed by atoms with Gasteiger partial charge < -0.3 is 10.2 Å². The molecule has 1 unspecified atom stereocenters. The molecule has 6 rings (SSSR count). The number of carbonyl (C=O) groups is 4. The van der Waals surface area contributed by atoms with Gasteiger partial charge in [0, 0.05) is 30.5 Å². The number of fused-ring (bicyclic) bond motifs is 1. The molecule has 10 heteroatoms. The third-order valence-electron chi connectivity index (χ3n) is 7.77. The maximum Gasteiger partial charge on any atom is 0.273 e. The highest BCUT2D eigenvalue weighted by atomic mass is 16.2. The lowest BCUT2D eigenvalue weighted by Gasteiger charge is -2.29. The molecule has 4 amide bonds. The highest BCUT2D eigenvalue weighted by Crippen LogP contribution is 2.58. The van der Waals surface area contributed by atoms with Crippen LogP contribution in [0.1, 0.15) is 64.6 Å². The number of nitrogens with one attached hydrogen (secondary N) is 2. The molecule has 10 nitrogen and oxygen atoms in total. The summed E-state index contributed by atoms with van der Waals surface area (Å²) in [6.45, 7) is 4.53. The van der Waals surface area contributed by atoms with E-state index < -0.39 is 11.9 Å². The van der Waals surface area contributed by atoms with E-state index in [0.717, 1.165) is 5.56 Å². The van der Waals surface area contributed by atoms with Crippen LogP contribution in [0, 0.1) is 5.41 Å². The quantitative estimate of drug-likeness (QED) is 0.518. The number of amides is 4. The minimum absolute atomic E-state index is 0.00294. The molecule has 2 aromatic carbocycles. The summed E-state index contributed by atoms with van der Waals surface area (Å²) in [6.07, 6.45) is 2.08. The molecule has 3 aromatic rings. The van der Waals surface area contributed by atoms with E-state index in [0.29, 0.717) is 17.7 Å². The Kier molecular flexibility index (Phi) is 5.22. The lowest BCUT2D eigenvalue weighted by Crippen LogP contribution is -2.52. The Balaban J connectivity index is 1.16. The largest absolute Gasteiger partial charge is 0.347 e. The van der Waals surface area contributed by atoms with Crippen molar-refractivity contribution in [2.75, 3.05) is 0 Å². The fraction of sp³-hybridized carbons (Fsp3) is 0.333. The van der Waals surface area contributed by atoms with Crippen LogP contribution in [-0.4, -0.2) is 55.6 Å². The van der Waals surface area contributed by atoms with Crippen LogP contribution in [0.5, 0.6) is 0 Å². The van der Waals surface area contributed by atoms with Crippen LogP contribution in [0.3, 0.4) is 0 Å². The van der Waals surface area contributed by atoms with Crippen molar-refractivity contribution in [1.29, 1.82) is 0 Å². The van der Waals surface area contributed by atoms with Gasteiger partial charge >= 0.3 is 0 Å².